The first kappa shape index (κ1) is 15.9. The summed E-state index contributed by atoms with van der Waals surface area (Å²) in [6.07, 6.45) is 6.85. The van der Waals surface area contributed by atoms with Crippen LogP contribution in [0.25, 0.3) is 0 Å². The predicted molar refractivity (Wildman–Crippen MR) is 74.0 cm³/mol. The van der Waals surface area contributed by atoms with Crippen molar-refractivity contribution in [3.05, 3.63) is 0 Å². The minimum absolute atomic E-state index is 0.382. The van der Waals surface area contributed by atoms with Gasteiger partial charge in [0.1, 0.15) is 0 Å². The Morgan fingerprint density at radius 1 is 1.00 bits per heavy atom. The molecule has 0 saturated carbocycles. The van der Waals surface area contributed by atoms with Gasteiger partial charge in [-0.3, -0.25) is 0 Å². The average molecular weight is 228 g/mol. The fourth-order valence-electron chi connectivity index (χ4n) is 2.19. The molecule has 0 heterocycles. The van der Waals surface area contributed by atoms with E-state index in [4.69, 9.17) is 0 Å². The normalized spacial score (nSPS) is 12.4. The van der Waals surface area contributed by atoms with Gasteiger partial charge in [0.05, 0.1) is 0 Å². The molecule has 16 heavy (non-hydrogen) atoms. The molecule has 0 aliphatic rings. The zero-order valence-corrected chi connectivity index (χ0v) is 12.1. The first-order valence-corrected chi connectivity index (χ1v) is 6.83. The third kappa shape index (κ3) is 10.4. The Balaban J connectivity index is 3.36. The molecule has 2 nitrogen and oxygen atoms in total. The number of rotatable bonds is 10. The van der Waals surface area contributed by atoms with Crippen LogP contribution in [0.5, 0.6) is 0 Å². The lowest BCUT2D eigenvalue weighted by atomic mass is 9.93. The van der Waals surface area contributed by atoms with E-state index >= 15 is 0 Å². The fraction of sp³-hybridized carbons (Fsp3) is 1.00. The van der Waals surface area contributed by atoms with E-state index in [9.17, 15) is 0 Å². The third-order valence-electron chi connectivity index (χ3n) is 2.80. The Kier molecular flexibility index (Phi) is 8.96. The SMILES string of the molecule is CCCCCCCNCC(C)(C)CN(C)C. The summed E-state index contributed by atoms with van der Waals surface area (Å²) in [7, 11) is 4.29. The second-order valence-electron chi connectivity index (χ2n) is 5.99. The van der Waals surface area contributed by atoms with E-state index in [-0.39, 0.29) is 0 Å². The van der Waals surface area contributed by atoms with Gasteiger partial charge in [0, 0.05) is 13.1 Å². The van der Waals surface area contributed by atoms with Gasteiger partial charge in [-0.2, -0.15) is 0 Å². The number of nitrogens with zero attached hydrogens (tertiary/aromatic N) is 1. The van der Waals surface area contributed by atoms with Crippen LogP contribution in [0.1, 0.15) is 52.9 Å². The largest absolute Gasteiger partial charge is 0.316 e. The third-order valence-corrected chi connectivity index (χ3v) is 2.80. The number of hydrogen-bond acceptors (Lipinski definition) is 2. The van der Waals surface area contributed by atoms with Crippen LogP contribution in [0.3, 0.4) is 0 Å². The van der Waals surface area contributed by atoms with Gasteiger partial charge < -0.3 is 10.2 Å². The minimum Gasteiger partial charge on any atom is -0.316 e. The summed E-state index contributed by atoms with van der Waals surface area (Å²) in [5.74, 6) is 0. The van der Waals surface area contributed by atoms with Gasteiger partial charge in [0.25, 0.3) is 0 Å². The monoisotopic (exact) mass is 228 g/mol. The molecule has 0 unspecified atom stereocenters. The van der Waals surface area contributed by atoms with E-state index in [0.717, 1.165) is 13.1 Å². The Morgan fingerprint density at radius 3 is 2.19 bits per heavy atom. The van der Waals surface area contributed by atoms with E-state index < -0.39 is 0 Å². The Bertz CT molecular complexity index is 153. The summed E-state index contributed by atoms with van der Waals surface area (Å²) in [6.45, 7) is 10.4. The molecule has 0 atom stereocenters. The van der Waals surface area contributed by atoms with E-state index in [2.05, 4.69) is 45.1 Å². The Morgan fingerprint density at radius 2 is 1.62 bits per heavy atom. The molecule has 98 valence electrons. The highest BCUT2D eigenvalue weighted by molar-refractivity contribution is 4.73. The molecule has 0 bridgehead atoms. The van der Waals surface area contributed by atoms with E-state index in [1.165, 1.54) is 38.6 Å². The van der Waals surface area contributed by atoms with Gasteiger partial charge in [0.15, 0.2) is 0 Å². The van der Waals surface area contributed by atoms with Crippen LogP contribution in [0, 0.1) is 5.41 Å². The lowest BCUT2D eigenvalue weighted by Crippen LogP contribution is -2.37. The second kappa shape index (κ2) is 9.00. The van der Waals surface area contributed by atoms with Crippen molar-refractivity contribution in [2.24, 2.45) is 5.41 Å². The predicted octanol–water partition coefficient (Wildman–Crippen LogP) is 3.13. The van der Waals surface area contributed by atoms with Crippen molar-refractivity contribution in [3.8, 4) is 0 Å². The molecule has 0 aliphatic heterocycles. The van der Waals surface area contributed by atoms with Gasteiger partial charge >= 0.3 is 0 Å². The summed E-state index contributed by atoms with van der Waals surface area (Å²) in [4.78, 5) is 2.27. The molecule has 1 N–H and O–H groups in total. The molecule has 2 heteroatoms. The van der Waals surface area contributed by atoms with Crippen molar-refractivity contribution >= 4 is 0 Å². The molecule has 0 aromatic rings. The zero-order valence-electron chi connectivity index (χ0n) is 12.1. The molecular weight excluding hydrogens is 196 g/mol. The lowest BCUT2D eigenvalue weighted by Gasteiger charge is -2.28. The summed E-state index contributed by atoms with van der Waals surface area (Å²) < 4.78 is 0. The van der Waals surface area contributed by atoms with Gasteiger partial charge in [-0.15, -0.1) is 0 Å². The smallest absolute Gasteiger partial charge is 0.00387 e. The van der Waals surface area contributed by atoms with E-state index in [1.54, 1.807) is 0 Å². The molecule has 0 aromatic heterocycles. The maximum absolute atomic E-state index is 3.58. The van der Waals surface area contributed by atoms with Gasteiger partial charge in [-0.25, -0.2) is 0 Å². The highest BCUT2D eigenvalue weighted by Crippen LogP contribution is 2.14. The van der Waals surface area contributed by atoms with Crippen molar-refractivity contribution in [1.29, 1.82) is 0 Å². The minimum atomic E-state index is 0.382. The van der Waals surface area contributed by atoms with Crippen molar-refractivity contribution < 1.29 is 0 Å². The average Bonchev–Trinajstić information content (AvgIpc) is 2.14. The van der Waals surface area contributed by atoms with Gasteiger partial charge in [-0.1, -0.05) is 46.5 Å². The Hall–Kier alpha value is -0.0800. The number of nitrogens with one attached hydrogen (secondary N) is 1. The molecule has 0 aromatic carbocycles. The summed E-state index contributed by atoms with van der Waals surface area (Å²) in [6, 6.07) is 0. The quantitative estimate of drug-likeness (QED) is 0.578. The standard InChI is InChI=1S/C14H32N2/c1-6-7-8-9-10-11-15-12-14(2,3)13-16(4)5/h15H,6-13H2,1-5H3. The van der Waals surface area contributed by atoms with Crippen molar-refractivity contribution in [2.45, 2.75) is 52.9 Å². The number of unbranched alkanes of at least 4 members (excludes halogenated alkanes) is 4. The van der Waals surface area contributed by atoms with Crippen LogP contribution in [0.15, 0.2) is 0 Å². The van der Waals surface area contributed by atoms with Crippen LogP contribution in [0.2, 0.25) is 0 Å². The maximum atomic E-state index is 3.58. The molecular formula is C14H32N2. The molecule has 0 aliphatic carbocycles. The number of hydrogen-bond donors (Lipinski definition) is 1. The Labute approximate surface area is 103 Å². The van der Waals surface area contributed by atoms with Gasteiger partial charge in [-0.05, 0) is 32.5 Å². The first-order valence-electron chi connectivity index (χ1n) is 6.83. The van der Waals surface area contributed by atoms with Crippen LogP contribution < -0.4 is 5.32 Å². The van der Waals surface area contributed by atoms with Gasteiger partial charge in [0.2, 0.25) is 0 Å². The van der Waals surface area contributed by atoms with Crippen molar-refractivity contribution in [3.63, 3.8) is 0 Å². The zero-order chi connectivity index (χ0) is 12.4. The maximum Gasteiger partial charge on any atom is 0.00387 e. The molecule has 0 saturated heterocycles. The van der Waals surface area contributed by atoms with Crippen LogP contribution >= 0.6 is 0 Å². The van der Waals surface area contributed by atoms with Crippen LogP contribution in [-0.2, 0) is 0 Å². The highest BCUT2D eigenvalue weighted by Gasteiger charge is 2.17. The molecule has 0 amide bonds. The van der Waals surface area contributed by atoms with Crippen molar-refractivity contribution in [1.82, 2.24) is 10.2 Å². The van der Waals surface area contributed by atoms with Crippen LogP contribution in [-0.4, -0.2) is 38.6 Å². The molecule has 0 fully saturated rings. The topological polar surface area (TPSA) is 15.3 Å². The fourth-order valence-corrected chi connectivity index (χ4v) is 2.19. The van der Waals surface area contributed by atoms with E-state index in [1.807, 2.05) is 0 Å². The van der Waals surface area contributed by atoms with Crippen molar-refractivity contribution in [2.75, 3.05) is 33.7 Å². The second-order valence-corrected chi connectivity index (χ2v) is 5.99. The molecule has 0 rings (SSSR count). The molecule has 0 radical (unpaired) electrons. The molecule has 0 spiro atoms. The van der Waals surface area contributed by atoms with Crippen LogP contribution in [0.4, 0.5) is 0 Å². The lowest BCUT2D eigenvalue weighted by molar-refractivity contribution is 0.232. The summed E-state index contributed by atoms with van der Waals surface area (Å²) >= 11 is 0. The summed E-state index contributed by atoms with van der Waals surface area (Å²) in [5.41, 5.74) is 0.382. The highest BCUT2D eigenvalue weighted by atomic mass is 15.1. The summed E-state index contributed by atoms with van der Waals surface area (Å²) in [5, 5.41) is 3.58. The first-order chi connectivity index (χ1) is 7.48. The van der Waals surface area contributed by atoms with E-state index in [0.29, 0.717) is 5.41 Å².